The lowest BCUT2D eigenvalue weighted by Crippen LogP contribution is -2.42. The van der Waals surface area contributed by atoms with Gasteiger partial charge in [0.1, 0.15) is 0 Å². The van der Waals surface area contributed by atoms with Gasteiger partial charge in [-0.05, 0) is 46.1 Å². The molecule has 4 nitrogen and oxygen atoms in total. The van der Waals surface area contributed by atoms with Crippen molar-refractivity contribution in [3.05, 3.63) is 17.0 Å². The summed E-state index contributed by atoms with van der Waals surface area (Å²) in [6.45, 7) is 9.74. The van der Waals surface area contributed by atoms with E-state index in [0.717, 1.165) is 18.8 Å². The minimum Gasteiger partial charge on any atom is -0.328 e. The molecule has 0 saturated carbocycles. The van der Waals surface area contributed by atoms with Crippen LogP contribution in [0.15, 0.2) is 0 Å². The lowest BCUT2D eigenvalue weighted by Gasteiger charge is -2.34. The first-order valence-corrected chi connectivity index (χ1v) is 6.96. The maximum absolute atomic E-state index is 6.04. The number of nitrogens with zero attached hydrogens (tertiary/aromatic N) is 3. The van der Waals surface area contributed by atoms with Crippen molar-refractivity contribution in [2.45, 2.75) is 46.2 Å². The first-order chi connectivity index (χ1) is 8.49. The molecule has 1 aliphatic rings. The molecule has 0 bridgehead atoms. The molecule has 1 saturated heterocycles. The molecular weight excluding hydrogens is 224 g/mol. The van der Waals surface area contributed by atoms with E-state index in [0.29, 0.717) is 12.0 Å². The molecule has 2 N–H and O–H groups in total. The minimum atomic E-state index is 0.309. The fourth-order valence-corrected chi connectivity index (χ4v) is 2.93. The third-order valence-corrected chi connectivity index (χ3v) is 4.33. The van der Waals surface area contributed by atoms with Crippen LogP contribution in [0.3, 0.4) is 0 Å². The van der Waals surface area contributed by atoms with Gasteiger partial charge in [-0.1, -0.05) is 0 Å². The van der Waals surface area contributed by atoms with Gasteiger partial charge in [-0.2, -0.15) is 5.10 Å². The SMILES string of the molecule is Cc1nn(C)c(C)c1CN1CCCC(C(C)N)C1. The van der Waals surface area contributed by atoms with E-state index < -0.39 is 0 Å². The number of piperidine rings is 1. The molecule has 0 spiro atoms. The number of aryl methyl sites for hydroxylation is 2. The second-order valence-corrected chi connectivity index (χ2v) is 5.77. The molecule has 2 heterocycles. The Bertz CT molecular complexity index is 408. The molecule has 1 aromatic heterocycles. The second-order valence-electron chi connectivity index (χ2n) is 5.77. The van der Waals surface area contributed by atoms with E-state index in [1.807, 2.05) is 11.7 Å². The van der Waals surface area contributed by atoms with Gasteiger partial charge in [-0.25, -0.2) is 0 Å². The zero-order valence-electron chi connectivity index (χ0n) is 12.1. The third kappa shape index (κ3) is 2.75. The van der Waals surface area contributed by atoms with Gasteiger partial charge < -0.3 is 5.73 Å². The lowest BCUT2D eigenvalue weighted by atomic mass is 9.92. The van der Waals surface area contributed by atoms with Crippen molar-refractivity contribution in [2.75, 3.05) is 13.1 Å². The van der Waals surface area contributed by atoms with Crippen LogP contribution < -0.4 is 5.73 Å². The van der Waals surface area contributed by atoms with Gasteiger partial charge in [0.2, 0.25) is 0 Å². The van der Waals surface area contributed by atoms with Crippen LogP contribution in [-0.4, -0.2) is 33.8 Å². The summed E-state index contributed by atoms with van der Waals surface area (Å²) in [5, 5.41) is 4.50. The van der Waals surface area contributed by atoms with Crippen LogP contribution in [0, 0.1) is 19.8 Å². The van der Waals surface area contributed by atoms with Crippen molar-refractivity contribution in [1.29, 1.82) is 0 Å². The highest BCUT2D eigenvalue weighted by Crippen LogP contribution is 2.22. The summed E-state index contributed by atoms with van der Waals surface area (Å²) < 4.78 is 1.98. The average Bonchev–Trinajstić information content (AvgIpc) is 2.56. The number of rotatable bonds is 3. The standard InChI is InChI=1S/C14H26N4/c1-10(15)13-6-5-7-18(8-13)9-14-11(2)16-17(4)12(14)3/h10,13H,5-9,15H2,1-4H3. The van der Waals surface area contributed by atoms with E-state index in [-0.39, 0.29) is 0 Å². The summed E-state index contributed by atoms with van der Waals surface area (Å²) >= 11 is 0. The largest absolute Gasteiger partial charge is 0.328 e. The van der Waals surface area contributed by atoms with Crippen LogP contribution in [0.2, 0.25) is 0 Å². The third-order valence-electron chi connectivity index (χ3n) is 4.33. The maximum atomic E-state index is 6.04. The van der Waals surface area contributed by atoms with E-state index in [1.165, 1.54) is 30.6 Å². The average molecular weight is 250 g/mol. The summed E-state index contributed by atoms with van der Waals surface area (Å²) in [5.74, 6) is 0.649. The topological polar surface area (TPSA) is 47.1 Å². The fourth-order valence-electron chi connectivity index (χ4n) is 2.93. The molecule has 2 atom stereocenters. The number of likely N-dealkylation sites (tertiary alicyclic amines) is 1. The van der Waals surface area contributed by atoms with Crippen molar-refractivity contribution in [2.24, 2.45) is 18.7 Å². The van der Waals surface area contributed by atoms with Gasteiger partial charge >= 0.3 is 0 Å². The van der Waals surface area contributed by atoms with E-state index in [9.17, 15) is 0 Å². The number of aromatic nitrogens is 2. The molecule has 0 amide bonds. The van der Waals surface area contributed by atoms with Crippen LogP contribution in [0.1, 0.15) is 36.7 Å². The van der Waals surface area contributed by atoms with Gasteiger partial charge in [0.25, 0.3) is 0 Å². The summed E-state index contributed by atoms with van der Waals surface area (Å²) in [5.41, 5.74) is 9.89. The Kier molecular flexibility index (Phi) is 4.07. The molecule has 2 unspecified atom stereocenters. The van der Waals surface area contributed by atoms with Crippen molar-refractivity contribution in [3.63, 3.8) is 0 Å². The first kappa shape index (κ1) is 13.6. The molecule has 1 fully saturated rings. The van der Waals surface area contributed by atoms with Crippen molar-refractivity contribution >= 4 is 0 Å². The molecule has 2 rings (SSSR count). The summed E-state index contributed by atoms with van der Waals surface area (Å²) in [6, 6.07) is 0.309. The Hall–Kier alpha value is -0.870. The lowest BCUT2D eigenvalue weighted by molar-refractivity contribution is 0.154. The highest BCUT2D eigenvalue weighted by atomic mass is 15.3. The normalized spacial score (nSPS) is 23.3. The van der Waals surface area contributed by atoms with Crippen molar-refractivity contribution < 1.29 is 0 Å². The van der Waals surface area contributed by atoms with Gasteiger partial charge in [0.05, 0.1) is 5.69 Å². The summed E-state index contributed by atoms with van der Waals surface area (Å²) in [4.78, 5) is 2.54. The molecule has 4 heteroatoms. The van der Waals surface area contributed by atoms with E-state index in [1.54, 1.807) is 0 Å². The maximum Gasteiger partial charge on any atom is 0.0641 e. The monoisotopic (exact) mass is 250 g/mol. The van der Waals surface area contributed by atoms with Crippen LogP contribution in [-0.2, 0) is 13.6 Å². The molecule has 102 valence electrons. The highest BCUT2D eigenvalue weighted by molar-refractivity contribution is 5.24. The zero-order valence-corrected chi connectivity index (χ0v) is 12.1. The molecule has 0 radical (unpaired) electrons. The Labute approximate surface area is 110 Å². The Balaban J connectivity index is 2.05. The molecule has 1 aromatic rings. The molecule has 18 heavy (non-hydrogen) atoms. The Morgan fingerprint density at radius 3 is 2.72 bits per heavy atom. The predicted molar refractivity (Wildman–Crippen MR) is 74.3 cm³/mol. The minimum absolute atomic E-state index is 0.309. The first-order valence-electron chi connectivity index (χ1n) is 6.96. The van der Waals surface area contributed by atoms with Crippen molar-refractivity contribution in [3.8, 4) is 0 Å². The molecule has 0 aromatic carbocycles. The molecule has 0 aliphatic carbocycles. The second kappa shape index (κ2) is 5.41. The fraction of sp³-hybridized carbons (Fsp3) is 0.786. The predicted octanol–water partition coefficient (Wildman–Crippen LogP) is 1.60. The Morgan fingerprint density at radius 1 is 1.44 bits per heavy atom. The van der Waals surface area contributed by atoms with Crippen LogP contribution >= 0.6 is 0 Å². The zero-order chi connectivity index (χ0) is 13.3. The molecular formula is C14H26N4. The van der Waals surface area contributed by atoms with Gasteiger partial charge in [-0.15, -0.1) is 0 Å². The number of hydrogen-bond acceptors (Lipinski definition) is 3. The number of nitrogens with two attached hydrogens (primary N) is 1. The van der Waals surface area contributed by atoms with Crippen molar-refractivity contribution in [1.82, 2.24) is 14.7 Å². The Morgan fingerprint density at radius 2 is 2.17 bits per heavy atom. The smallest absolute Gasteiger partial charge is 0.0641 e. The molecule has 1 aliphatic heterocycles. The quantitative estimate of drug-likeness (QED) is 0.886. The number of hydrogen-bond donors (Lipinski definition) is 1. The van der Waals surface area contributed by atoms with Crippen LogP contribution in [0.4, 0.5) is 0 Å². The van der Waals surface area contributed by atoms with Crippen LogP contribution in [0.5, 0.6) is 0 Å². The summed E-state index contributed by atoms with van der Waals surface area (Å²) in [7, 11) is 2.02. The summed E-state index contributed by atoms with van der Waals surface area (Å²) in [6.07, 6.45) is 2.55. The van der Waals surface area contributed by atoms with E-state index >= 15 is 0 Å². The van der Waals surface area contributed by atoms with E-state index in [2.05, 4.69) is 30.8 Å². The van der Waals surface area contributed by atoms with E-state index in [4.69, 9.17) is 5.73 Å². The van der Waals surface area contributed by atoms with Gasteiger partial charge in [-0.3, -0.25) is 9.58 Å². The van der Waals surface area contributed by atoms with Gasteiger partial charge in [0.15, 0.2) is 0 Å². The van der Waals surface area contributed by atoms with Crippen LogP contribution in [0.25, 0.3) is 0 Å². The highest BCUT2D eigenvalue weighted by Gasteiger charge is 2.24. The van der Waals surface area contributed by atoms with Gasteiger partial charge in [0, 0.05) is 37.4 Å².